The van der Waals surface area contributed by atoms with Crippen molar-refractivity contribution in [2.24, 2.45) is 5.92 Å². The molecular formula is C9H15NO3. The van der Waals surface area contributed by atoms with Crippen LogP contribution < -0.4 is 5.32 Å². The predicted molar refractivity (Wildman–Crippen MR) is 47.2 cm³/mol. The Bertz CT molecular complexity index is 209. The Labute approximate surface area is 77.3 Å². The van der Waals surface area contributed by atoms with E-state index in [4.69, 9.17) is 5.11 Å². The van der Waals surface area contributed by atoms with E-state index in [0.717, 1.165) is 25.7 Å². The second-order valence-electron chi connectivity index (χ2n) is 3.55. The van der Waals surface area contributed by atoms with Gasteiger partial charge in [0.2, 0.25) is 5.91 Å². The van der Waals surface area contributed by atoms with E-state index >= 15 is 0 Å². The normalized spacial score (nSPS) is 19.8. The molecule has 0 unspecified atom stereocenters. The van der Waals surface area contributed by atoms with Crippen LogP contribution in [0.15, 0.2) is 0 Å². The molecule has 13 heavy (non-hydrogen) atoms. The fourth-order valence-electron chi connectivity index (χ4n) is 1.58. The summed E-state index contributed by atoms with van der Waals surface area (Å²) in [6.07, 6.45) is 3.97. The quantitative estimate of drug-likeness (QED) is 0.682. The van der Waals surface area contributed by atoms with Crippen molar-refractivity contribution in [3.05, 3.63) is 0 Å². The standard InChI is InChI=1S/C9H15NO3/c1-6(9(12)13)10-8(11)7-4-2-3-5-7/h6-7H,2-5H2,1H3,(H,10,11)(H,12,13)/t6-/m0/s1. The molecule has 4 nitrogen and oxygen atoms in total. The van der Waals surface area contributed by atoms with Gasteiger partial charge in [0.15, 0.2) is 0 Å². The third-order valence-electron chi connectivity index (χ3n) is 2.46. The van der Waals surface area contributed by atoms with Crippen molar-refractivity contribution in [1.82, 2.24) is 5.32 Å². The Morgan fingerprint density at radius 1 is 1.38 bits per heavy atom. The van der Waals surface area contributed by atoms with Crippen LogP contribution in [0.3, 0.4) is 0 Å². The number of carboxylic acid groups (broad SMARTS) is 1. The summed E-state index contributed by atoms with van der Waals surface area (Å²) in [7, 11) is 0. The number of carboxylic acids is 1. The molecule has 1 fully saturated rings. The van der Waals surface area contributed by atoms with E-state index < -0.39 is 12.0 Å². The zero-order valence-electron chi connectivity index (χ0n) is 7.75. The van der Waals surface area contributed by atoms with Crippen LogP contribution >= 0.6 is 0 Å². The summed E-state index contributed by atoms with van der Waals surface area (Å²) in [6, 6.07) is -0.770. The summed E-state index contributed by atoms with van der Waals surface area (Å²) in [5, 5.41) is 11.0. The largest absolute Gasteiger partial charge is 0.480 e. The summed E-state index contributed by atoms with van der Waals surface area (Å²) in [4.78, 5) is 21.8. The lowest BCUT2D eigenvalue weighted by atomic mass is 10.1. The highest BCUT2D eigenvalue weighted by atomic mass is 16.4. The van der Waals surface area contributed by atoms with Crippen LogP contribution in [-0.2, 0) is 9.59 Å². The summed E-state index contributed by atoms with van der Waals surface area (Å²) in [5.41, 5.74) is 0. The van der Waals surface area contributed by atoms with E-state index in [2.05, 4.69) is 5.32 Å². The summed E-state index contributed by atoms with van der Waals surface area (Å²) in [6.45, 7) is 1.48. The van der Waals surface area contributed by atoms with Gasteiger partial charge in [0.05, 0.1) is 0 Å². The zero-order chi connectivity index (χ0) is 9.84. The Hall–Kier alpha value is -1.06. The topological polar surface area (TPSA) is 66.4 Å². The van der Waals surface area contributed by atoms with Crippen molar-refractivity contribution < 1.29 is 14.7 Å². The molecule has 0 heterocycles. The van der Waals surface area contributed by atoms with Crippen molar-refractivity contribution in [3.8, 4) is 0 Å². The van der Waals surface area contributed by atoms with E-state index in [9.17, 15) is 9.59 Å². The molecule has 1 aliphatic rings. The number of carbonyl (C=O) groups excluding carboxylic acids is 1. The Morgan fingerprint density at radius 2 is 1.92 bits per heavy atom. The molecule has 4 heteroatoms. The van der Waals surface area contributed by atoms with Crippen LogP contribution in [0.1, 0.15) is 32.6 Å². The molecule has 0 bridgehead atoms. The van der Waals surface area contributed by atoms with Crippen molar-refractivity contribution in [2.45, 2.75) is 38.6 Å². The van der Waals surface area contributed by atoms with Gasteiger partial charge in [0.1, 0.15) is 6.04 Å². The van der Waals surface area contributed by atoms with Gasteiger partial charge in [-0.15, -0.1) is 0 Å². The van der Waals surface area contributed by atoms with Crippen LogP contribution in [0.5, 0.6) is 0 Å². The lowest BCUT2D eigenvalue weighted by Crippen LogP contribution is -2.41. The molecule has 74 valence electrons. The Morgan fingerprint density at radius 3 is 2.38 bits per heavy atom. The highest BCUT2D eigenvalue weighted by molar-refractivity contribution is 5.84. The van der Waals surface area contributed by atoms with Crippen LogP contribution in [0.4, 0.5) is 0 Å². The third-order valence-corrected chi connectivity index (χ3v) is 2.46. The van der Waals surface area contributed by atoms with Crippen LogP contribution in [0.25, 0.3) is 0 Å². The summed E-state index contributed by atoms with van der Waals surface area (Å²) < 4.78 is 0. The molecule has 1 aliphatic carbocycles. The fraction of sp³-hybridized carbons (Fsp3) is 0.778. The van der Waals surface area contributed by atoms with E-state index in [1.807, 2.05) is 0 Å². The second-order valence-corrected chi connectivity index (χ2v) is 3.55. The molecule has 0 spiro atoms. The minimum Gasteiger partial charge on any atom is -0.480 e. The van der Waals surface area contributed by atoms with Gasteiger partial charge in [0, 0.05) is 5.92 Å². The number of rotatable bonds is 3. The monoisotopic (exact) mass is 185 g/mol. The number of hydrogen-bond donors (Lipinski definition) is 2. The van der Waals surface area contributed by atoms with Crippen molar-refractivity contribution in [3.63, 3.8) is 0 Å². The lowest BCUT2D eigenvalue weighted by molar-refractivity contribution is -0.141. The van der Waals surface area contributed by atoms with Gasteiger partial charge in [-0.25, -0.2) is 0 Å². The summed E-state index contributed by atoms with van der Waals surface area (Å²) >= 11 is 0. The smallest absolute Gasteiger partial charge is 0.325 e. The van der Waals surface area contributed by atoms with Crippen molar-refractivity contribution in [1.29, 1.82) is 0 Å². The first kappa shape index (κ1) is 10.0. The average molecular weight is 185 g/mol. The molecule has 0 saturated heterocycles. The highest BCUT2D eigenvalue weighted by Crippen LogP contribution is 2.24. The van der Waals surface area contributed by atoms with Gasteiger partial charge in [-0.3, -0.25) is 9.59 Å². The zero-order valence-corrected chi connectivity index (χ0v) is 7.75. The van der Waals surface area contributed by atoms with Gasteiger partial charge in [-0.1, -0.05) is 12.8 Å². The van der Waals surface area contributed by atoms with Gasteiger partial charge < -0.3 is 10.4 Å². The number of hydrogen-bond acceptors (Lipinski definition) is 2. The van der Waals surface area contributed by atoms with Crippen LogP contribution in [0.2, 0.25) is 0 Å². The molecular weight excluding hydrogens is 170 g/mol. The maximum absolute atomic E-state index is 11.4. The van der Waals surface area contributed by atoms with Gasteiger partial charge in [-0.2, -0.15) is 0 Å². The number of aliphatic carboxylic acids is 1. The molecule has 0 aliphatic heterocycles. The third kappa shape index (κ3) is 2.72. The first-order chi connectivity index (χ1) is 6.11. The Kier molecular flexibility index (Phi) is 3.28. The maximum atomic E-state index is 11.4. The van der Waals surface area contributed by atoms with E-state index in [-0.39, 0.29) is 11.8 Å². The molecule has 0 aromatic rings. The minimum atomic E-state index is -0.980. The molecule has 0 radical (unpaired) electrons. The molecule has 1 rings (SSSR count). The number of carbonyl (C=O) groups is 2. The first-order valence-electron chi connectivity index (χ1n) is 4.64. The number of amides is 1. The fourth-order valence-corrected chi connectivity index (χ4v) is 1.58. The van der Waals surface area contributed by atoms with Crippen LogP contribution in [0, 0.1) is 5.92 Å². The molecule has 0 aromatic carbocycles. The van der Waals surface area contributed by atoms with Crippen molar-refractivity contribution in [2.75, 3.05) is 0 Å². The lowest BCUT2D eigenvalue weighted by Gasteiger charge is -2.12. The average Bonchev–Trinajstić information content (AvgIpc) is 2.55. The van der Waals surface area contributed by atoms with Crippen LogP contribution in [-0.4, -0.2) is 23.0 Å². The van der Waals surface area contributed by atoms with E-state index in [1.165, 1.54) is 6.92 Å². The van der Waals surface area contributed by atoms with E-state index in [1.54, 1.807) is 0 Å². The molecule has 1 amide bonds. The molecule has 1 atom stereocenters. The minimum absolute atomic E-state index is 0.0433. The SMILES string of the molecule is C[C@H](NC(=O)C1CCCC1)C(=O)O. The van der Waals surface area contributed by atoms with Gasteiger partial charge in [0.25, 0.3) is 0 Å². The maximum Gasteiger partial charge on any atom is 0.325 e. The first-order valence-corrected chi connectivity index (χ1v) is 4.64. The van der Waals surface area contributed by atoms with Gasteiger partial charge >= 0.3 is 5.97 Å². The van der Waals surface area contributed by atoms with E-state index in [0.29, 0.717) is 0 Å². The van der Waals surface area contributed by atoms with Crippen molar-refractivity contribution >= 4 is 11.9 Å². The number of nitrogens with one attached hydrogen (secondary N) is 1. The Balaban J connectivity index is 2.35. The summed E-state index contributed by atoms with van der Waals surface area (Å²) in [5.74, 6) is -1.04. The second kappa shape index (κ2) is 4.25. The molecule has 0 aromatic heterocycles. The van der Waals surface area contributed by atoms with Gasteiger partial charge in [-0.05, 0) is 19.8 Å². The predicted octanol–water partition coefficient (Wildman–Crippen LogP) is 0.766. The molecule has 1 saturated carbocycles. The molecule has 2 N–H and O–H groups in total. The highest BCUT2D eigenvalue weighted by Gasteiger charge is 2.24.